The third kappa shape index (κ3) is 7.46. The average molecular weight is 131 g/mol. The molecule has 3 heteroatoms. The summed E-state index contributed by atoms with van der Waals surface area (Å²) in [5, 5.41) is 0. The molecule has 0 aromatic rings. The highest BCUT2D eigenvalue weighted by Gasteiger charge is 1.85. The first-order valence-corrected chi connectivity index (χ1v) is 2.77. The molecular formula is C6H13NO2. The molecule has 0 saturated heterocycles. The molecule has 0 atom stereocenters. The molecule has 9 heavy (non-hydrogen) atoms. The Balaban J connectivity index is 2.83. The Morgan fingerprint density at radius 3 is 2.67 bits per heavy atom. The fourth-order valence-corrected chi connectivity index (χ4v) is 0.346. The molecule has 0 spiro atoms. The number of methoxy groups -OCH3 is 1. The monoisotopic (exact) mass is 131 g/mol. The summed E-state index contributed by atoms with van der Waals surface area (Å²) in [5.74, 6) is 0. The normalized spacial score (nSPS) is 9.44. The highest BCUT2D eigenvalue weighted by molar-refractivity contribution is 4.84. The first-order chi connectivity index (χ1) is 4.27. The molecule has 0 aliphatic heterocycles. The number of hydrogen-bond donors (Lipinski definition) is 1. The van der Waals surface area contributed by atoms with Crippen molar-refractivity contribution >= 4 is 0 Å². The molecule has 0 aromatic heterocycles. The van der Waals surface area contributed by atoms with Crippen molar-refractivity contribution in [3.63, 3.8) is 0 Å². The highest BCUT2D eigenvalue weighted by Crippen LogP contribution is 1.80. The number of nitrogens with two attached hydrogens (primary N) is 1. The van der Waals surface area contributed by atoms with Crippen LogP contribution in [0.25, 0.3) is 0 Å². The predicted octanol–water partition coefficient (Wildman–Crippen LogP) is 0.122. The second-order valence-corrected chi connectivity index (χ2v) is 1.70. The van der Waals surface area contributed by atoms with E-state index in [1.54, 1.807) is 7.11 Å². The van der Waals surface area contributed by atoms with Crippen LogP contribution in [-0.4, -0.2) is 26.9 Å². The van der Waals surface area contributed by atoms with Gasteiger partial charge in [0.15, 0.2) is 0 Å². The van der Waals surface area contributed by atoms with Gasteiger partial charge in [0.1, 0.15) is 0 Å². The highest BCUT2D eigenvalue weighted by atomic mass is 16.5. The minimum atomic E-state index is 0.420. The van der Waals surface area contributed by atoms with Gasteiger partial charge in [0.2, 0.25) is 0 Å². The Labute approximate surface area is 55.4 Å². The first kappa shape index (κ1) is 8.46. The second kappa shape index (κ2) is 5.59. The molecule has 0 saturated carbocycles. The lowest BCUT2D eigenvalue weighted by Crippen LogP contribution is -2.08. The molecule has 0 fully saturated rings. The second-order valence-electron chi connectivity index (χ2n) is 1.70. The van der Waals surface area contributed by atoms with Crippen molar-refractivity contribution in [2.24, 2.45) is 5.73 Å². The third-order valence-corrected chi connectivity index (χ3v) is 0.719. The van der Waals surface area contributed by atoms with Gasteiger partial charge >= 0.3 is 0 Å². The van der Waals surface area contributed by atoms with Crippen LogP contribution in [-0.2, 0) is 9.47 Å². The first-order valence-electron chi connectivity index (χ1n) is 2.77. The minimum absolute atomic E-state index is 0.420. The van der Waals surface area contributed by atoms with E-state index in [-0.39, 0.29) is 0 Å². The Hall–Kier alpha value is -0.540. The summed E-state index contributed by atoms with van der Waals surface area (Å²) in [5.41, 5.74) is 5.76. The van der Waals surface area contributed by atoms with Crippen molar-refractivity contribution < 1.29 is 9.47 Å². The predicted molar refractivity (Wildman–Crippen MR) is 36.0 cm³/mol. The van der Waals surface area contributed by atoms with Crippen LogP contribution in [0, 0.1) is 0 Å². The Kier molecular flexibility index (Phi) is 5.26. The van der Waals surface area contributed by atoms with E-state index in [0.29, 0.717) is 25.5 Å². The van der Waals surface area contributed by atoms with Gasteiger partial charge in [-0.25, -0.2) is 0 Å². The van der Waals surface area contributed by atoms with Gasteiger partial charge in [-0.15, -0.1) is 0 Å². The van der Waals surface area contributed by atoms with Crippen molar-refractivity contribution in [3.8, 4) is 0 Å². The minimum Gasteiger partial charge on any atom is -0.401 e. The lowest BCUT2D eigenvalue weighted by Gasteiger charge is -2.00. The molecule has 0 heterocycles. The van der Waals surface area contributed by atoms with Crippen LogP contribution >= 0.6 is 0 Å². The van der Waals surface area contributed by atoms with Crippen molar-refractivity contribution in [1.82, 2.24) is 0 Å². The smallest absolute Gasteiger partial charge is 0.0855 e. The number of rotatable bonds is 5. The lowest BCUT2D eigenvalue weighted by molar-refractivity contribution is 0.0820. The summed E-state index contributed by atoms with van der Waals surface area (Å²) >= 11 is 0. The van der Waals surface area contributed by atoms with E-state index >= 15 is 0 Å². The number of ether oxygens (including phenoxy) is 2. The summed E-state index contributed by atoms with van der Waals surface area (Å²) in [7, 11) is 1.63. The summed E-state index contributed by atoms with van der Waals surface area (Å²) in [6.07, 6.45) is 0. The van der Waals surface area contributed by atoms with Crippen molar-refractivity contribution in [2.75, 3.05) is 26.9 Å². The molecule has 0 aliphatic rings. The third-order valence-electron chi connectivity index (χ3n) is 0.719. The molecule has 3 nitrogen and oxygen atoms in total. The summed E-state index contributed by atoms with van der Waals surface area (Å²) in [4.78, 5) is 0. The maximum Gasteiger partial charge on any atom is 0.0855 e. The van der Waals surface area contributed by atoms with Crippen LogP contribution in [0.5, 0.6) is 0 Å². The van der Waals surface area contributed by atoms with E-state index in [2.05, 4.69) is 6.58 Å². The molecule has 54 valence electrons. The van der Waals surface area contributed by atoms with Gasteiger partial charge < -0.3 is 15.2 Å². The van der Waals surface area contributed by atoms with Crippen LogP contribution < -0.4 is 5.73 Å². The maximum atomic E-state index is 5.21. The largest absolute Gasteiger partial charge is 0.401 e. The molecule has 0 rings (SSSR count). The zero-order valence-corrected chi connectivity index (χ0v) is 5.72. The Morgan fingerprint density at radius 2 is 2.22 bits per heavy atom. The van der Waals surface area contributed by atoms with E-state index in [1.165, 1.54) is 0 Å². The Morgan fingerprint density at radius 1 is 1.56 bits per heavy atom. The van der Waals surface area contributed by atoms with E-state index in [9.17, 15) is 0 Å². The molecule has 0 bridgehead atoms. The van der Waals surface area contributed by atoms with Crippen molar-refractivity contribution in [3.05, 3.63) is 12.3 Å². The van der Waals surface area contributed by atoms with Gasteiger partial charge in [-0.05, 0) is 0 Å². The zero-order valence-electron chi connectivity index (χ0n) is 5.72. The van der Waals surface area contributed by atoms with Crippen LogP contribution in [0.15, 0.2) is 12.3 Å². The Bertz CT molecular complexity index is 83.1. The van der Waals surface area contributed by atoms with Gasteiger partial charge in [0, 0.05) is 12.8 Å². The average Bonchev–Trinajstić information content (AvgIpc) is 1.80. The topological polar surface area (TPSA) is 44.5 Å². The molecule has 0 unspecified atom stereocenters. The van der Waals surface area contributed by atoms with Gasteiger partial charge in [0.25, 0.3) is 0 Å². The fraction of sp³-hybridized carbons (Fsp3) is 0.667. The van der Waals surface area contributed by atoms with Crippen LogP contribution in [0.3, 0.4) is 0 Å². The molecule has 2 N–H and O–H groups in total. The summed E-state index contributed by atoms with van der Waals surface area (Å²) in [6.45, 7) is 5.07. The van der Waals surface area contributed by atoms with Crippen LogP contribution in [0.2, 0.25) is 0 Å². The summed E-state index contributed by atoms with van der Waals surface area (Å²) < 4.78 is 9.71. The standard InChI is InChI=1S/C6H13NO2/c1-6(7)5-9-4-3-8-2/h1,3-5,7H2,2H3. The quantitative estimate of drug-likeness (QED) is 0.539. The van der Waals surface area contributed by atoms with Gasteiger partial charge in [-0.2, -0.15) is 0 Å². The van der Waals surface area contributed by atoms with E-state index < -0.39 is 0 Å². The molecular weight excluding hydrogens is 118 g/mol. The fourth-order valence-electron chi connectivity index (χ4n) is 0.346. The lowest BCUT2D eigenvalue weighted by atomic mass is 10.6. The molecule has 0 amide bonds. The molecule has 0 aliphatic carbocycles. The van der Waals surface area contributed by atoms with E-state index in [4.69, 9.17) is 15.2 Å². The zero-order chi connectivity index (χ0) is 7.11. The SMILES string of the molecule is C=C(N)COCCOC. The van der Waals surface area contributed by atoms with E-state index in [1.807, 2.05) is 0 Å². The van der Waals surface area contributed by atoms with E-state index in [0.717, 1.165) is 0 Å². The molecule has 0 aromatic carbocycles. The van der Waals surface area contributed by atoms with Gasteiger partial charge in [-0.3, -0.25) is 0 Å². The van der Waals surface area contributed by atoms with Gasteiger partial charge in [0.05, 0.1) is 19.8 Å². The van der Waals surface area contributed by atoms with Crippen LogP contribution in [0.4, 0.5) is 0 Å². The maximum absolute atomic E-state index is 5.21. The molecule has 0 radical (unpaired) electrons. The summed E-state index contributed by atoms with van der Waals surface area (Å²) in [6, 6.07) is 0. The van der Waals surface area contributed by atoms with Crippen molar-refractivity contribution in [2.45, 2.75) is 0 Å². The van der Waals surface area contributed by atoms with Gasteiger partial charge in [-0.1, -0.05) is 6.58 Å². The number of hydrogen-bond acceptors (Lipinski definition) is 3. The van der Waals surface area contributed by atoms with Crippen molar-refractivity contribution in [1.29, 1.82) is 0 Å². The van der Waals surface area contributed by atoms with Crippen LogP contribution in [0.1, 0.15) is 0 Å².